The van der Waals surface area contributed by atoms with Gasteiger partial charge in [0.15, 0.2) is 0 Å². The highest BCUT2D eigenvalue weighted by Gasteiger charge is 2.26. The van der Waals surface area contributed by atoms with E-state index in [4.69, 9.17) is 0 Å². The molecule has 116 valence electrons. The molecule has 0 radical (unpaired) electrons. The van der Waals surface area contributed by atoms with Crippen molar-refractivity contribution in [2.75, 3.05) is 0 Å². The van der Waals surface area contributed by atoms with Crippen LogP contribution in [-0.2, 0) is 10.8 Å². The highest BCUT2D eigenvalue weighted by Crippen LogP contribution is 2.36. The molecule has 0 saturated heterocycles. The normalized spacial score (nSPS) is 11.8. The van der Waals surface area contributed by atoms with Crippen LogP contribution >= 0.6 is 0 Å². The fourth-order valence-electron chi connectivity index (χ4n) is 2.59. The van der Waals surface area contributed by atoms with Gasteiger partial charge in [0, 0.05) is 0 Å². The van der Waals surface area contributed by atoms with Crippen molar-refractivity contribution in [1.82, 2.24) is 0 Å². The summed E-state index contributed by atoms with van der Waals surface area (Å²) in [7, 11) is 0. The molecule has 0 aliphatic heterocycles. The Bertz CT molecular complexity index is 334. The van der Waals surface area contributed by atoms with Crippen molar-refractivity contribution in [2.24, 2.45) is 0 Å². The minimum absolute atomic E-state index is 0.332. The average molecular weight is 277 g/mol. The van der Waals surface area contributed by atoms with E-state index < -0.39 is 0 Å². The standard InChI is InChI=1S/C18H30.C2H6/c1-7-17(5,8-2)15-12-11-13-16(14-15)18(6,9-3)10-4;1-2/h11-14H,7-10H2,1-6H3;1-2H3. The molecule has 0 spiro atoms. The number of hydrogen-bond donors (Lipinski definition) is 0. The van der Waals surface area contributed by atoms with Crippen LogP contribution in [0.2, 0.25) is 0 Å². The summed E-state index contributed by atoms with van der Waals surface area (Å²) < 4.78 is 0. The van der Waals surface area contributed by atoms with E-state index in [1.807, 2.05) is 13.8 Å². The molecular formula is C20H36. The number of benzene rings is 1. The Morgan fingerprint density at radius 3 is 1.25 bits per heavy atom. The lowest BCUT2D eigenvalue weighted by molar-refractivity contribution is 0.424. The Balaban J connectivity index is 0.00000172. The summed E-state index contributed by atoms with van der Waals surface area (Å²) in [5.74, 6) is 0. The van der Waals surface area contributed by atoms with Crippen LogP contribution in [-0.4, -0.2) is 0 Å². The van der Waals surface area contributed by atoms with Crippen LogP contribution in [0.3, 0.4) is 0 Å². The number of hydrogen-bond acceptors (Lipinski definition) is 0. The molecule has 20 heavy (non-hydrogen) atoms. The topological polar surface area (TPSA) is 0 Å². The van der Waals surface area contributed by atoms with Gasteiger partial charge in [0.05, 0.1) is 0 Å². The molecule has 0 aliphatic carbocycles. The lowest BCUT2D eigenvalue weighted by atomic mass is 9.73. The fraction of sp³-hybridized carbons (Fsp3) is 0.700. The molecule has 0 N–H and O–H groups in total. The predicted octanol–water partition coefficient (Wildman–Crippen LogP) is 6.87. The maximum absolute atomic E-state index is 2.46. The van der Waals surface area contributed by atoms with Gasteiger partial charge in [0.2, 0.25) is 0 Å². The van der Waals surface area contributed by atoms with Crippen LogP contribution in [0, 0.1) is 0 Å². The van der Waals surface area contributed by atoms with Crippen molar-refractivity contribution >= 4 is 0 Å². The van der Waals surface area contributed by atoms with Crippen LogP contribution in [0.25, 0.3) is 0 Å². The molecule has 1 aromatic rings. The Kier molecular flexibility index (Phi) is 8.16. The fourth-order valence-corrected chi connectivity index (χ4v) is 2.59. The predicted molar refractivity (Wildman–Crippen MR) is 93.7 cm³/mol. The molecule has 0 amide bonds. The Labute approximate surface area is 128 Å². The molecule has 0 unspecified atom stereocenters. The van der Waals surface area contributed by atoms with Gasteiger partial charge in [-0.3, -0.25) is 0 Å². The van der Waals surface area contributed by atoms with Crippen LogP contribution in [0.15, 0.2) is 24.3 Å². The molecule has 1 aromatic carbocycles. The van der Waals surface area contributed by atoms with Crippen molar-refractivity contribution in [3.05, 3.63) is 35.4 Å². The zero-order chi connectivity index (χ0) is 15.8. The first-order valence-electron chi connectivity index (χ1n) is 8.56. The third-order valence-electron chi connectivity index (χ3n) is 5.38. The first kappa shape index (κ1) is 19.2. The van der Waals surface area contributed by atoms with Crippen LogP contribution in [0.1, 0.15) is 92.2 Å². The van der Waals surface area contributed by atoms with Crippen molar-refractivity contribution < 1.29 is 0 Å². The van der Waals surface area contributed by atoms with Crippen LogP contribution in [0.4, 0.5) is 0 Å². The van der Waals surface area contributed by atoms with E-state index in [9.17, 15) is 0 Å². The van der Waals surface area contributed by atoms with E-state index >= 15 is 0 Å². The van der Waals surface area contributed by atoms with Gasteiger partial charge in [-0.1, -0.05) is 79.7 Å². The van der Waals surface area contributed by atoms with Crippen molar-refractivity contribution in [1.29, 1.82) is 0 Å². The molecule has 0 aliphatic rings. The summed E-state index contributed by atoms with van der Waals surface area (Å²) >= 11 is 0. The minimum atomic E-state index is 0.332. The molecule has 0 heteroatoms. The van der Waals surface area contributed by atoms with E-state index in [0.29, 0.717) is 10.8 Å². The largest absolute Gasteiger partial charge is 0.0683 e. The SMILES string of the molecule is CC.CCC(C)(CC)c1cccc(C(C)(CC)CC)c1. The summed E-state index contributed by atoms with van der Waals surface area (Å²) in [5.41, 5.74) is 3.69. The Morgan fingerprint density at radius 1 is 0.700 bits per heavy atom. The smallest absolute Gasteiger partial charge is 0.00804 e. The first-order valence-corrected chi connectivity index (χ1v) is 8.56. The molecule has 0 aromatic heterocycles. The molecule has 0 nitrogen and oxygen atoms in total. The van der Waals surface area contributed by atoms with E-state index in [0.717, 1.165) is 0 Å². The quantitative estimate of drug-likeness (QED) is 0.532. The van der Waals surface area contributed by atoms with Gasteiger partial charge >= 0.3 is 0 Å². The van der Waals surface area contributed by atoms with Crippen molar-refractivity contribution in [3.8, 4) is 0 Å². The summed E-state index contributed by atoms with van der Waals surface area (Å²) in [4.78, 5) is 0. The molecule has 0 atom stereocenters. The zero-order valence-electron chi connectivity index (χ0n) is 15.1. The van der Waals surface area contributed by atoms with Crippen molar-refractivity contribution in [3.63, 3.8) is 0 Å². The second-order valence-corrected chi connectivity index (χ2v) is 6.12. The Hall–Kier alpha value is -0.780. The van der Waals surface area contributed by atoms with Gasteiger partial charge in [-0.15, -0.1) is 0 Å². The second kappa shape index (κ2) is 8.49. The maximum atomic E-state index is 2.46. The van der Waals surface area contributed by atoms with Gasteiger partial charge < -0.3 is 0 Å². The Morgan fingerprint density at radius 2 is 1.00 bits per heavy atom. The van der Waals surface area contributed by atoms with E-state index in [1.165, 1.54) is 36.8 Å². The molecule has 1 rings (SSSR count). The van der Waals surface area contributed by atoms with Crippen LogP contribution in [0.5, 0.6) is 0 Å². The maximum Gasteiger partial charge on any atom is -0.00804 e. The minimum Gasteiger partial charge on any atom is -0.0683 e. The third kappa shape index (κ3) is 4.11. The lowest BCUT2D eigenvalue weighted by Gasteiger charge is -2.32. The summed E-state index contributed by atoms with van der Waals surface area (Å²) in [6, 6.07) is 9.32. The lowest BCUT2D eigenvalue weighted by Crippen LogP contribution is -2.23. The highest BCUT2D eigenvalue weighted by molar-refractivity contribution is 5.33. The van der Waals surface area contributed by atoms with Crippen LogP contribution < -0.4 is 0 Å². The summed E-state index contributed by atoms with van der Waals surface area (Å²) in [5, 5.41) is 0. The molecule has 0 bridgehead atoms. The molecule has 0 saturated carbocycles. The molecule has 0 heterocycles. The molecular weight excluding hydrogens is 240 g/mol. The first-order chi connectivity index (χ1) is 9.45. The molecule has 0 fully saturated rings. The third-order valence-corrected chi connectivity index (χ3v) is 5.38. The highest BCUT2D eigenvalue weighted by atomic mass is 14.3. The zero-order valence-corrected chi connectivity index (χ0v) is 15.1. The van der Waals surface area contributed by atoms with E-state index in [2.05, 4.69) is 65.8 Å². The van der Waals surface area contributed by atoms with Gasteiger partial charge in [-0.25, -0.2) is 0 Å². The summed E-state index contributed by atoms with van der Waals surface area (Å²) in [6.45, 7) is 18.0. The van der Waals surface area contributed by atoms with Gasteiger partial charge in [-0.05, 0) is 47.6 Å². The van der Waals surface area contributed by atoms with E-state index in [1.54, 1.807) is 0 Å². The monoisotopic (exact) mass is 276 g/mol. The van der Waals surface area contributed by atoms with Gasteiger partial charge in [0.25, 0.3) is 0 Å². The van der Waals surface area contributed by atoms with E-state index in [-0.39, 0.29) is 0 Å². The van der Waals surface area contributed by atoms with Crippen molar-refractivity contribution in [2.45, 2.75) is 91.9 Å². The average Bonchev–Trinajstić information content (AvgIpc) is 2.55. The van der Waals surface area contributed by atoms with Gasteiger partial charge in [-0.2, -0.15) is 0 Å². The number of rotatable bonds is 6. The van der Waals surface area contributed by atoms with Gasteiger partial charge in [0.1, 0.15) is 0 Å². The second-order valence-electron chi connectivity index (χ2n) is 6.12. The summed E-state index contributed by atoms with van der Waals surface area (Å²) in [6.07, 6.45) is 4.84.